The van der Waals surface area contributed by atoms with E-state index in [-0.39, 0.29) is 18.3 Å². The highest BCUT2D eigenvalue weighted by Gasteiger charge is 2.51. The first kappa shape index (κ1) is 24.3. The third-order valence-electron chi connectivity index (χ3n) is 4.46. The number of carbonyl (C=O) groups excluding carboxylic acids is 1. The molecule has 1 radical (unpaired) electrons. The normalized spacial score (nSPS) is 11.9. The number of hydrogen-bond donors (Lipinski definition) is 0. The van der Waals surface area contributed by atoms with E-state index < -0.39 is 13.6 Å². The number of ether oxygens (including phenoxy) is 2. The first-order chi connectivity index (χ1) is 15.9. The highest BCUT2D eigenvalue weighted by atomic mass is 31.2. The van der Waals surface area contributed by atoms with Crippen molar-refractivity contribution in [1.29, 1.82) is 0 Å². The molecular formula is C26H29N2O4P+. The van der Waals surface area contributed by atoms with Gasteiger partial charge >= 0.3 is 12.2 Å². The molecule has 0 aliphatic heterocycles. The topological polar surface area (TPSA) is 71.2 Å². The molecule has 0 atom stereocenters. The zero-order valence-electron chi connectivity index (χ0n) is 19.3. The van der Waals surface area contributed by atoms with Crippen LogP contribution in [0, 0.1) is 0 Å². The minimum atomic E-state index is -2.72. The smallest absolute Gasteiger partial charge is 0.444 e. The van der Waals surface area contributed by atoms with E-state index >= 15 is 0 Å². The van der Waals surface area contributed by atoms with Crippen LogP contribution in [0.25, 0.3) is 0 Å². The van der Waals surface area contributed by atoms with Gasteiger partial charge in [-0.25, -0.2) is 4.79 Å². The number of benzene rings is 3. The van der Waals surface area contributed by atoms with Gasteiger partial charge in [0.2, 0.25) is 0 Å². The predicted octanol–water partition coefficient (Wildman–Crippen LogP) is 4.76. The Morgan fingerprint density at radius 3 is 1.42 bits per heavy atom. The van der Waals surface area contributed by atoms with Crippen LogP contribution >= 0.6 is 7.49 Å². The monoisotopic (exact) mass is 464 g/mol. The zero-order chi connectivity index (χ0) is 23.7. The second-order valence-electron chi connectivity index (χ2n) is 7.77. The molecule has 33 heavy (non-hydrogen) atoms. The Balaban J connectivity index is 2.16. The van der Waals surface area contributed by atoms with Crippen molar-refractivity contribution in [2.75, 3.05) is 0 Å². The third-order valence-corrected chi connectivity index (χ3v) is 7.97. The van der Waals surface area contributed by atoms with Crippen LogP contribution in [0.2, 0.25) is 0 Å². The van der Waals surface area contributed by atoms with Gasteiger partial charge in [0.05, 0.1) is 12.2 Å². The minimum Gasteiger partial charge on any atom is -0.444 e. The highest BCUT2D eigenvalue weighted by molar-refractivity contribution is 7.92. The fourth-order valence-corrected chi connectivity index (χ4v) is 6.51. The summed E-state index contributed by atoms with van der Waals surface area (Å²) < 4.78 is 17.7. The van der Waals surface area contributed by atoms with Gasteiger partial charge in [0.25, 0.3) is 7.49 Å². The highest BCUT2D eigenvalue weighted by Crippen LogP contribution is 2.56. The lowest BCUT2D eigenvalue weighted by atomic mass is 10.4. The Kier molecular flexibility index (Phi) is 8.45. The summed E-state index contributed by atoms with van der Waals surface area (Å²) in [7, 11) is -2.72. The Hall–Kier alpha value is -3.37. The Bertz CT molecular complexity index is 945. The first-order valence-electron chi connectivity index (χ1n) is 10.8. The van der Waals surface area contributed by atoms with Gasteiger partial charge in [0.1, 0.15) is 15.9 Å². The molecule has 0 bridgehead atoms. The average molecular weight is 465 g/mol. The maximum atomic E-state index is 12.0. The van der Waals surface area contributed by atoms with E-state index in [4.69, 9.17) is 14.0 Å². The summed E-state index contributed by atoms with van der Waals surface area (Å²) in [5.74, 6) is 0. The van der Waals surface area contributed by atoms with Gasteiger partial charge in [-0.1, -0.05) is 65.1 Å². The molecule has 6 nitrogen and oxygen atoms in total. The van der Waals surface area contributed by atoms with E-state index in [0.29, 0.717) is 0 Å². The van der Waals surface area contributed by atoms with Crippen LogP contribution in [0.1, 0.15) is 27.7 Å². The van der Waals surface area contributed by atoms with Gasteiger partial charge in [-0.05, 0) is 64.1 Å². The van der Waals surface area contributed by atoms with Gasteiger partial charge < -0.3 is 9.47 Å². The minimum absolute atomic E-state index is 0.0874. The van der Waals surface area contributed by atoms with Crippen LogP contribution in [0.4, 0.5) is 4.79 Å². The van der Waals surface area contributed by atoms with Crippen molar-refractivity contribution >= 4 is 35.6 Å². The van der Waals surface area contributed by atoms with Crippen molar-refractivity contribution in [1.82, 2.24) is 5.43 Å². The molecule has 0 spiro atoms. The number of carbonyl (C=O) groups is 1. The van der Waals surface area contributed by atoms with Crippen molar-refractivity contribution in [2.45, 2.75) is 39.9 Å². The summed E-state index contributed by atoms with van der Waals surface area (Å²) in [5.41, 5.74) is 3.68. The SMILES string of the molecule is CC(C)OC(=O)[N]/N=C(\OC(C)C)O[P+](c1ccccc1)(c1ccccc1)c1ccccc1. The van der Waals surface area contributed by atoms with Crippen molar-refractivity contribution in [3.8, 4) is 0 Å². The summed E-state index contributed by atoms with van der Waals surface area (Å²) in [5, 5.41) is 6.97. The maximum absolute atomic E-state index is 12.0. The number of amides is 1. The second kappa shape index (κ2) is 11.5. The molecule has 0 fully saturated rings. The summed E-state index contributed by atoms with van der Waals surface area (Å²) in [6.45, 7) is 7.21. The van der Waals surface area contributed by atoms with Crippen LogP contribution in [-0.2, 0) is 14.0 Å². The fraction of sp³-hybridized carbons (Fsp3) is 0.231. The molecule has 3 rings (SSSR count). The third kappa shape index (κ3) is 6.33. The van der Waals surface area contributed by atoms with E-state index in [0.717, 1.165) is 15.9 Å². The largest absolute Gasteiger partial charge is 0.452 e. The van der Waals surface area contributed by atoms with Crippen LogP contribution in [0.5, 0.6) is 0 Å². The number of nitrogens with zero attached hydrogens (tertiary/aromatic N) is 2. The van der Waals surface area contributed by atoms with Crippen molar-refractivity contribution < 1.29 is 18.8 Å². The Labute approximate surface area is 196 Å². The fourth-order valence-electron chi connectivity index (χ4n) is 3.21. The molecule has 0 aliphatic carbocycles. The number of rotatable bonds is 7. The summed E-state index contributed by atoms with van der Waals surface area (Å²) in [6.07, 6.45) is -1.45. The van der Waals surface area contributed by atoms with Crippen molar-refractivity contribution in [3.05, 3.63) is 91.0 Å². The van der Waals surface area contributed by atoms with E-state index in [1.165, 1.54) is 0 Å². The molecule has 0 aliphatic rings. The first-order valence-corrected chi connectivity index (χ1v) is 12.5. The van der Waals surface area contributed by atoms with Crippen molar-refractivity contribution in [3.63, 3.8) is 0 Å². The lowest BCUT2D eigenvalue weighted by Gasteiger charge is -2.26. The van der Waals surface area contributed by atoms with Crippen LogP contribution in [0.3, 0.4) is 0 Å². The molecule has 0 heterocycles. The van der Waals surface area contributed by atoms with E-state index in [1.807, 2.05) is 105 Å². The summed E-state index contributed by atoms with van der Waals surface area (Å²) >= 11 is 0. The average Bonchev–Trinajstić information content (AvgIpc) is 2.82. The lowest BCUT2D eigenvalue weighted by Crippen LogP contribution is -2.35. The van der Waals surface area contributed by atoms with Crippen LogP contribution in [-0.4, -0.2) is 24.4 Å². The quantitative estimate of drug-likeness (QED) is 0.219. The van der Waals surface area contributed by atoms with E-state index in [9.17, 15) is 4.79 Å². The van der Waals surface area contributed by atoms with Gasteiger partial charge in [-0.3, -0.25) is 4.52 Å². The summed E-state index contributed by atoms with van der Waals surface area (Å²) in [4.78, 5) is 12.0. The molecule has 3 aromatic rings. The lowest BCUT2D eigenvalue weighted by molar-refractivity contribution is 0.113. The van der Waals surface area contributed by atoms with Crippen molar-refractivity contribution in [2.24, 2.45) is 5.10 Å². The molecule has 3 aromatic carbocycles. The molecular weight excluding hydrogens is 435 g/mol. The van der Waals surface area contributed by atoms with Gasteiger partial charge in [0.15, 0.2) is 0 Å². The van der Waals surface area contributed by atoms with Crippen LogP contribution < -0.4 is 21.3 Å². The Morgan fingerprint density at radius 2 is 1.06 bits per heavy atom. The second-order valence-corrected chi connectivity index (χ2v) is 10.7. The van der Waals surface area contributed by atoms with Gasteiger partial charge in [-0.2, -0.15) is 0 Å². The molecule has 0 aromatic heterocycles. The van der Waals surface area contributed by atoms with E-state index in [2.05, 4.69) is 10.5 Å². The summed E-state index contributed by atoms with van der Waals surface area (Å²) in [6, 6.07) is 29.9. The zero-order valence-corrected chi connectivity index (χ0v) is 20.2. The molecule has 0 N–H and O–H groups in total. The Morgan fingerprint density at radius 1 is 0.667 bits per heavy atom. The van der Waals surface area contributed by atoms with Crippen LogP contribution in [0.15, 0.2) is 96.1 Å². The molecule has 0 unspecified atom stereocenters. The molecule has 0 saturated heterocycles. The van der Waals surface area contributed by atoms with Gasteiger partial charge in [-0.15, -0.1) is 0 Å². The molecule has 171 valence electrons. The van der Waals surface area contributed by atoms with E-state index in [1.54, 1.807) is 13.8 Å². The molecule has 7 heteroatoms. The molecule has 0 saturated carbocycles. The number of hydrogen-bond acceptors (Lipinski definition) is 5. The van der Waals surface area contributed by atoms with Gasteiger partial charge in [0, 0.05) is 0 Å². The maximum Gasteiger partial charge on any atom is 0.452 e. The predicted molar refractivity (Wildman–Crippen MR) is 134 cm³/mol. The standard InChI is InChI=1S/C26H29N2O4P/c1-20(2)30-25(29)27-28-26(31-21(3)4)32-33(22-14-8-5-9-15-22,23-16-10-6-11-17-23)24-18-12-7-13-19-24/h5-21H,1-4H3/q+1/b28-26+. The molecule has 1 amide bonds.